The van der Waals surface area contributed by atoms with Crippen molar-refractivity contribution in [2.45, 2.75) is 39.3 Å². The van der Waals surface area contributed by atoms with Crippen molar-refractivity contribution in [2.24, 2.45) is 11.7 Å². The van der Waals surface area contributed by atoms with Gasteiger partial charge >= 0.3 is 11.9 Å². The Morgan fingerprint density at radius 3 is 2.25 bits per heavy atom. The zero-order valence-electron chi connectivity index (χ0n) is 12.2. The minimum Gasteiger partial charge on any atom is -0.481 e. The maximum Gasteiger partial charge on any atom is 0.322 e. The predicted octanol–water partition coefficient (Wildman–Crippen LogP) is 2.04. The first kappa shape index (κ1) is 16.2. The lowest BCUT2D eigenvalue weighted by Crippen LogP contribution is -2.39. The summed E-state index contributed by atoms with van der Waals surface area (Å²) in [6, 6.07) is 6.19. The van der Waals surface area contributed by atoms with E-state index in [9.17, 15) is 14.7 Å². The van der Waals surface area contributed by atoms with Crippen LogP contribution in [0.25, 0.3) is 0 Å². The van der Waals surface area contributed by atoms with Crippen LogP contribution >= 0.6 is 0 Å². The van der Waals surface area contributed by atoms with E-state index in [0.29, 0.717) is 5.56 Å². The summed E-state index contributed by atoms with van der Waals surface area (Å²) in [6.45, 7) is 6.87. The molecule has 0 fully saturated rings. The van der Waals surface area contributed by atoms with Gasteiger partial charge in [-0.25, -0.2) is 0 Å². The summed E-state index contributed by atoms with van der Waals surface area (Å²) in [4.78, 5) is 23.4. The molecule has 0 saturated carbocycles. The van der Waals surface area contributed by atoms with Gasteiger partial charge in [-0.3, -0.25) is 9.59 Å². The molecule has 0 aliphatic rings. The minimum atomic E-state index is -1.42. The van der Waals surface area contributed by atoms with E-state index in [2.05, 4.69) is 0 Å². The first-order chi connectivity index (χ1) is 9.13. The average molecular weight is 279 g/mol. The fourth-order valence-electron chi connectivity index (χ4n) is 1.91. The van der Waals surface area contributed by atoms with Crippen molar-refractivity contribution in [1.29, 1.82) is 0 Å². The molecule has 1 unspecified atom stereocenters. The Bertz CT molecular complexity index is 505. The maximum atomic E-state index is 12.0. The summed E-state index contributed by atoms with van der Waals surface area (Å²) in [5.74, 6) is -3.52. The van der Waals surface area contributed by atoms with Crippen molar-refractivity contribution in [3.63, 3.8) is 0 Å². The average Bonchev–Trinajstić information content (AvgIpc) is 2.26. The Hall–Kier alpha value is -1.88. The number of rotatable bonds is 4. The molecular weight excluding hydrogens is 258 g/mol. The van der Waals surface area contributed by atoms with Crippen molar-refractivity contribution in [3.05, 3.63) is 35.4 Å². The number of esters is 1. The summed E-state index contributed by atoms with van der Waals surface area (Å²) >= 11 is 0. The first-order valence-electron chi connectivity index (χ1n) is 6.40. The molecule has 0 heterocycles. The van der Waals surface area contributed by atoms with Gasteiger partial charge < -0.3 is 15.6 Å². The number of carboxylic acid groups (broad SMARTS) is 1. The highest BCUT2D eigenvalue weighted by atomic mass is 16.6. The molecule has 1 aromatic rings. The Morgan fingerprint density at radius 1 is 1.25 bits per heavy atom. The van der Waals surface area contributed by atoms with E-state index >= 15 is 0 Å². The molecule has 0 aliphatic heterocycles. The van der Waals surface area contributed by atoms with E-state index in [-0.39, 0.29) is 0 Å². The van der Waals surface area contributed by atoms with Gasteiger partial charge in [0.25, 0.3) is 0 Å². The van der Waals surface area contributed by atoms with E-state index in [4.69, 9.17) is 10.5 Å². The third-order valence-corrected chi connectivity index (χ3v) is 2.83. The third-order valence-electron chi connectivity index (χ3n) is 2.83. The fraction of sp³-hybridized carbons (Fsp3) is 0.467. The number of hydrogen-bond acceptors (Lipinski definition) is 4. The number of carbonyl (C=O) groups is 2. The molecule has 3 N–H and O–H groups in total. The van der Waals surface area contributed by atoms with Crippen LogP contribution in [0.5, 0.6) is 0 Å². The lowest BCUT2D eigenvalue weighted by atomic mass is 9.91. The molecule has 2 atom stereocenters. The molecule has 0 aromatic heterocycles. The van der Waals surface area contributed by atoms with Gasteiger partial charge in [-0.15, -0.1) is 0 Å². The van der Waals surface area contributed by atoms with Gasteiger partial charge in [0.15, 0.2) is 5.92 Å². The number of nitrogens with two attached hydrogens (primary N) is 1. The second kappa shape index (κ2) is 6.05. The molecule has 0 radical (unpaired) electrons. The Morgan fingerprint density at radius 2 is 1.80 bits per heavy atom. The molecule has 0 bridgehead atoms. The number of ether oxygens (including phenoxy) is 1. The molecular formula is C15H21NO4. The van der Waals surface area contributed by atoms with Gasteiger partial charge in [-0.05, 0) is 38.8 Å². The SMILES string of the molecule is Cc1ccccc1C(N)[C@@H](C(=O)O)C(=O)OC(C)(C)C. The molecule has 20 heavy (non-hydrogen) atoms. The van der Waals surface area contributed by atoms with E-state index < -0.39 is 29.5 Å². The van der Waals surface area contributed by atoms with Gasteiger partial charge in [0, 0.05) is 0 Å². The highest BCUT2D eigenvalue weighted by molar-refractivity contribution is 5.95. The number of aliphatic carboxylic acids is 1. The number of carboxylic acids is 1. The van der Waals surface area contributed by atoms with Gasteiger partial charge in [0.05, 0.1) is 6.04 Å². The monoisotopic (exact) mass is 279 g/mol. The van der Waals surface area contributed by atoms with Crippen molar-refractivity contribution in [3.8, 4) is 0 Å². The highest BCUT2D eigenvalue weighted by Gasteiger charge is 2.37. The van der Waals surface area contributed by atoms with Crippen LogP contribution in [0.2, 0.25) is 0 Å². The van der Waals surface area contributed by atoms with Crippen LogP contribution < -0.4 is 5.73 Å². The van der Waals surface area contributed by atoms with E-state index in [1.54, 1.807) is 32.9 Å². The molecule has 0 spiro atoms. The highest BCUT2D eigenvalue weighted by Crippen LogP contribution is 2.25. The summed E-state index contributed by atoms with van der Waals surface area (Å²) < 4.78 is 5.14. The lowest BCUT2D eigenvalue weighted by Gasteiger charge is -2.25. The minimum absolute atomic E-state index is 0.630. The topological polar surface area (TPSA) is 89.6 Å². The molecule has 5 nitrogen and oxygen atoms in total. The van der Waals surface area contributed by atoms with Gasteiger partial charge in [-0.1, -0.05) is 24.3 Å². The standard InChI is InChI=1S/C15H21NO4/c1-9-7-5-6-8-10(9)12(16)11(13(17)18)14(19)20-15(2,3)4/h5-8,11-12H,16H2,1-4H3,(H,17,18)/t11-,12?/m0/s1. The van der Waals surface area contributed by atoms with Crippen LogP contribution in [0.15, 0.2) is 24.3 Å². The third kappa shape index (κ3) is 4.06. The van der Waals surface area contributed by atoms with Crippen molar-refractivity contribution < 1.29 is 19.4 Å². The summed E-state index contributed by atoms with van der Waals surface area (Å²) in [7, 11) is 0. The van der Waals surface area contributed by atoms with Crippen LogP contribution in [-0.4, -0.2) is 22.6 Å². The molecule has 0 aliphatic carbocycles. The molecule has 110 valence electrons. The van der Waals surface area contributed by atoms with Crippen molar-refractivity contribution >= 4 is 11.9 Å². The molecule has 0 saturated heterocycles. The number of hydrogen-bond donors (Lipinski definition) is 2. The number of benzene rings is 1. The van der Waals surface area contributed by atoms with Crippen molar-refractivity contribution in [2.75, 3.05) is 0 Å². The smallest absolute Gasteiger partial charge is 0.322 e. The summed E-state index contributed by atoms with van der Waals surface area (Å²) in [5, 5.41) is 9.28. The lowest BCUT2D eigenvalue weighted by molar-refractivity contribution is -0.167. The van der Waals surface area contributed by atoms with Crippen molar-refractivity contribution in [1.82, 2.24) is 0 Å². The largest absolute Gasteiger partial charge is 0.481 e. The normalized spacial score (nSPS) is 14.4. The second-order valence-electron chi connectivity index (χ2n) is 5.73. The Kier molecular flexibility index (Phi) is 4.89. The van der Waals surface area contributed by atoms with Crippen LogP contribution in [0.1, 0.15) is 37.9 Å². The Labute approximate surface area is 118 Å². The summed E-state index contributed by atoms with van der Waals surface area (Å²) in [6.07, 6.45) is 0. The fourth-order valence-corrected chi connectivity index (χ4v) is 1.91. The zero-order chi connectivity index (χ0) is 15.5. The maximum absolute atomic E-state index is 12.0. The van der Waals surface area contributed by atoms with E-state index in [1.807, 2.05) is 19.1 Å². The van der Waals surface area contributed by atoms with E-state index in [0.717, 1.165) is 5.56 Å². The zero-order valence-corrected chi connectivity index (χ0v) is 12.2. The number of aryl methyl sites for hydroxylation is 1. The van der Waals surface area contributed by atoms with Gasteiger partial charge in [0.2, 0.25) is 0 Å². The summed E-state index contributed by atoms with van der Waals surface area (Å²) in [5.41, 5.74) is 6.70. The Balaban J connectivity index is 3.06. The van der Waals surface area contributed by atoms with Crippen LogP contribution in [0, 0.1) is 12.8 Å². The molecule has 1 rings (SSSR count). The quantitative estimate of drug-likeness (QED) is 0.650. The molecule has 1 aromatic carbocycles. The molecule has 5 heteroatoms. The van der Waals surface area contributed by atoms with Gasteiger partial charge in [0.1, 0.15) is 5.60 Å². The predicted molar refractivity (Wildman–Crippen MR) is 75.1 cm³/mol. The first-order valence-corrected chi connectivity index (χ1v) is 6.40. The van der Waals surface area contributed by atoms with Crippen LogP contribution in [0.3, 0.4) is 0 Å². The van der Waals surface area contributed by atoms with Crippen LogP contribution in [0.4, 0.5) is 0 Å². The second-order valence-corrected chi connectivity index (χ2v) is 5.73. The number of carbonyl (C=O) groups excluding carboxylic acids is 1. The van der Waals surface area contributed by atoms with E-state index in [1.165, 1.54) is 0 Å². The van der Waals surface area contributed by atoms with Gasteiger partial charge in [-0.2, -0.15) is 0 Å². The van der Waals surface area contributed by atoms with Crippen LogP contribution in [-0.2, 0) is 14.3 Å². The molecule has 0 amide bonds.